The molecule has 13 heteroatoms. The van der Waals surface area contributed by atoms with Crippen LogP contribution in [0.4, 0.5) is 18.9 Å². The fraction of sp³-hybridized carbons (Fsp3) is 0.105. The number of nitriles is 1. The predicted molar refractivity (Wildman–Crippen MR) is 102 cm³/mol. The molecule has 3 rings (SSSR count). The Labute approximate surface area is 178 Å². The Morgan fingerprint density at radius 1 is 1.09 bits per heavy atom. The number of halogens is 3. The lowest BCUT2D eigenvalue weighted by atomic mass is 10.2. The summed E-state index contributed by atoms with van der Waals surface area (Å²) in [6.45, 7) is -1.86. The number of nitrogens with one attached hydrogen (secondary N) is 2. The van der Waals surface area contributed by atoms with E-state index in [1.807, 2.05) is 0 Å². The number of carbonyl (C=O) groups is 2. The van der Waals surface area contributed by atoms with Crippen molar-refractivity contribution in [3.05, 3.63) is 59.6 Å². The number of hydrogen-bond acceptors (Lipinski definition) is 7. The summed E-state index contributed by atoms with van der Waals surface area (Å²) in [5.74, 6) is -7.77. The van der Waals surface area contributed by atoms with Crippen LogP contribution in [0.2, 0.25) is 0 Å². The summed E-state index contributed by atoms with van der Waals surface area (Å²) in [6, 6.07) is 9.14. The first kappa shape index (κ1) is 22.8. The molecule has 1 amide bonds. The number of rotatable bonds is 7. The standard InChI is InChI=1S/C19H12F3N3O6S/c20-11-5-6-14(18(22)17(11)21)32(28,29)24-8-16(27)30-9-15(26)25-19-10-3-1-2-4-12(10)31-13(19)7-23/h1-6,24H,8-9H2,(H,25,26). The van der Waals surface area contributed by atoms with Crippen molar-refractivity contribution < 1.29 is 40.3 Å². The topological polar surface area (TPSA) is 138 Å². The third-order valence-electron chi connectivity index (χ3n) is 4.02. The van der Waals surface area contributed by atoms with Crippen molar-refractivity contribution in [2.24, 2.45) is 0 Å². The predicted octanol–water partition coefficient (Wildman–Crippen LogP) is 2.18. The lowest BCUT2D eigenvalue weighted by Gasteiger charge is -2.09. The normalized spacial score (nSPS) is 11.2. The molecule has 0 bridgehead atoms. The van der Waals surface area contributed by atoms with E-state index >= 15 is 0 Å². The number of amides is 1. The van der Waals surface area contributed by atoms with Crippen LogP contribution in [-0.4, -0.2) is 33.4 Å². The van der Waals surface area contributed by atoms with Crippen LogP contribution in [0, 0.1) is 28.8 Å². The van der Waals surface area contributed by atoms with Crippen molar-refractivity contribution >= 4 is 38.6 Å². The molecular weight excluding hydrogens is 455 g/mol. The van der Waals surface area contributed by atoms with E-state index in [-0.39, 0.29) is 11.4 Å². The second-order valence-electron chi connectivity index (χ2n) is 6.12. The molecule has 0 radical (unpaired) electrons. The molecule has 9 nitrogen and oxygen atoms in total. The fourth-order valence-corrected chi connectivity index (χ4v) is 3.60. The highest BCUT2D eigenvalue weighted by Crippen LogP contribution is 2.30. The number of carbonyl (C=O) groups excluding carboxylic acids is 2. The first-order chi connectivity index (χ1) is 15.1. The summed E-state index contributed by atoms with van der Waals surface area (Å²) in [5, 5.41) is 11.9. The van der Waals surface area contributed by atoms with Gasteiger partial charge in [0.1, 0.15) is 28.8 Å². The van der Waals surface area contributed by atoms with Crippen LogP contribution >= 0.6 is 0 Å². The van der Waals surface area contributed by atoms with E-state index in [1.54, 1.807) is 35.1 Å². The van der Waals surface area contributed by atoms with E-state index < -0.39 is 57.4 Å². The first-order valence-electron chi connectivity index (χ1n) is 8.64. The van der Waals surface area contributed by atoms with Crippen LogP contribution < -0.4 is 10.0 Å². The molecule has 0 atom stereocenters. The molecule has 0 aliphatic rings. The summed E-state index contributed by atoms with van der Waals surface area (Å²) in [5.41, 5.74) is 0.411. The Bertz CT molecular complexity index is 1360. The molecule has 0 aliphatic heterocycles. The Kier molecular flexibility index (Phi) is 6.47. The number of para-hydroxylation sites is 1. The van der Waals surface area contributed by atoms with E-state index in [4.69, 9.17) is 9.68 Å². The van der Waals surface area contributed by atoms with Gasteiger partial charge >= 0.3 is 5.97 Å². The number of furan rings is 1. The Hall–Kier alpha value is -3.89. The lowest BCUT2D eigenvalue weighted by molar-refractivity contribution is -0.146. The van der Waals surface area contributed by atoms with Gasteiger partial charge in [-0.15, -0.1) is 0 Å². The number of esters is 1. The number of benzene rings is 2. The molecule has 0 fully saturated rings. The number of ether oxygens (including phenoxy) is 1. The van der Waals surface area contributed by atoms with Crippen LogP contribution in [0.5, 0.6) is 0 Å². The Balaban J connectivity index is 1.58. The molecule has 0 saturated carbocycles. The third-order valence-corrected chi connectivity index (χ3v) is 5.44. The summed E-state index contributed by atoms with van der Waals surface area (Å²) < 4.78 is 75.4. The van der Waals surface area contributed by atoms with Gasteiger partial charge in [0, 0.05) is 5.39 Å². The van der Waals surface area contributed by atoms with Gasteiger partial charge in [0.25, 0.3) is 5.91 Å². The van der Waals surface area contributed by atoms with Gasteiger partial charge in [0.05, 0.1) is 0 Å². The van der Waals surface area contributed by atoms with E-state index in [1.165, 1.54) is 0 Å². The fourth-order valence-electron chi connectivity index (χ4n) is 2.57. The summed E-state index contributed by atoms with van der Waals surface area (Å²) in [6.07, 6.45) is 0. The molecule has 3 aromatic rings. The van der Waals surface area contributed by atoms with E-state index in [0.29, 0.717) is 23.1 Å². The second-order valence-corrected chi connectivity index (χ2v) is 7.86. The van der Waals surface area contributed by atoms with Gasteiger partial charge in [-0.25, -0.2) is 21.6 Å². The zero-order chi connectivity index (χ0) is 23.5. The molecule has 1 aromatic heterocycles. The molecule has 32 heavy (non-hydrogen) atoms. The minimum Gasteiger partial charge on any atom is -0.455 e. The molecule has 0 aliphatic carbocycles. The molecule has 0 saturated heterocycles. The summed E-state index contributed by atoms with van der Waals surface area (Å²) in [4.78, 5) is 22.6. The highest BCUT2D eigenvalue weighted by molar-refractivity contribution is 7.89. The maximum absolute atomic E-state index is 13.7. The molecule has 2 N–H and O–H groups in total. The van der Waals surface area contributed by atoms with Crippen molar-refractivity contribution in [2.75, 3.05) is 18.5 Å². The highest BCUT2D eigenvalue weighted by Gasteiger charge is 2.25. The summed E-state index contributed by atoms with van der Waals surface area (Å²) in [7, 11) is -4.72. The molecule has 2 aromatic carbocycles. The molecule has 166 valence electrons. The van der Waals surface area contributed by atoms with Gasteiger partial charge in [-0.3, -0.25) is 9.59 Å². The number of sulfonamides is 1. The minimum absolute atomic E-state index is 0.0682. The van der Waals surface area contributed by atoms with Crippen LogP contribution in [0.1, 0.15) is 5.76 Å². The maximum atomic E-state index is 13.7. The Morgan fingerprint density at radius 3 is 2.53 bits per heavy atom. The minimum atomic E-state index is -4.72. The monoisotopic (exact) mass is 467 g/mol. The van der Waals surface area contributed by atoms with Gasteiger partial charge in [-0.05, 0) is 24.3 Å². The first-order valence-corrected chi connectivity index (χ1v) is 10.1. The van der Waals surface area contributed by atoms with Crippen molar-refractivity contribution in [1.29, 1.82) is 5.26 Å². The zero-order valence-electron chi connectivity index (χ0n) is 15.8. The number of fused-ring (bicyclic) bond motifs is 1. The average Bonchev–Trinajstić information content (AvgIpc) is 3.12. The lowest BCUT2D eigenvalue weighted by Crippen LogP contribution is -2.33. The third kappa shape index (κ3) is 4.71. The average molecular weight is 467 g/mol. The van der Waals surface area contributed by atoms with Crippen molar-refractivity contribution in [3.8, 4) is 6.07 Å². The van der Waals surface area contributed by atoms with Crippen LogP contribution in [-0.2, 0) is 24.3 Å². The van der Waals surface area contributed by atoms with Gasteiger partial charge < -0.3 is 14.5 Å². The Morgan fingerprint density at radius 2 is 1.81 bits per heavy atom. The van der Waals surface area contributed by atoms with Gasteiger partial charge in [0.15, 0.2) is 24.1 Å². The highest BCUT2D eigenvalue weighted by atomic mass is 32.2. The zero-order valence-corrected chi connectivity index (χ0v) is 16.6. The van der Waals surface area contributed by atoms with Crippen LogP contribution in [0.3, 0.4) is 0 Å². The number of hydrogen-bond donors (Lipinski definition) is 2. The van der Waals surface area contributed by atoms with Gasteiger partial charge in [-0.2, -0.15) is 9.98 Å². The number of nitrogens with zero attached hydrogens (tertiary/aromatic N) is 1. The van der Waals surface area contributed by atoms with E-state index in [9.17, 15) is 31.2 Å². The van der Waals surface area contributed by atoms with Gasteiger partial charge in [-0.1, -0.05) is 12.1 Å². The van der Waals surface area contributed by atoms with Crippen molar-refractivity contribution in [3.63, 3.8) is 0 Å². The molecule has 0 unspecified atom stereocenters. The maximum Gasteiger partial charge on any atom is 0.321 e. The quantitative estimate of drug-likeness (QED) is 0.401. The van der Waals surface area contributed by atoms with Crippen LogP contribution in [0.25, 0.3) is 11.0 Å². The van der Waals surface area contributed by atoms with E-state index in [0.717, 1.165) is 0 Å². The molecule has 1 heterocycles. The molecular formula is C19H12F3N3O6S. The van der Waals surface area contributed by atoms with Gasteiger partial charge in [0.2, 0.25) is 15.8 Å². The van der Waals surface area contributed by atoms with Crippen molar-refractivity contribution in [1.82, 2.24) is 4.72 Å². The smallest absolute Gasteiger partial charge is 0.321 e. The van der Waals surface area contributed by atoms with Crippen molar-refractivity contribution in [2.45, 2.75) is 4.90 Å². The number of anilines is 1. The summed E-state index contributed by atoms with van der Waals surface area (Å²) >= 11 is 0. The second kappa shape index (κ2) is 9.08. The SMILES string of the molecule is N#Cc1oc2ccccc2c1NC(=O)COC(=O)CNS(=O)(=O)c1ccc(F)c(F)c1F. The van der Waals surface area contributed by atoms with E-state index in [2.05, 4.69) is 10.1 Å². The largest absolute Gasteiger partial charge is 0.455 e. The molecule has 0 spiro atoms. The van der Waals surface area contributed by atoms with Crippen LogP contribution in [0.15, 0.2) is 45.7 Å².